The number of likely N-dealkylation sites (tertiary alicyclic amines) is 1. The standard InChI is InChI=1S/C23H29N3O3/c1-17-3-2-12-26(14-17)15-19-6-4-18(5-7-19)13-25-22(27)16-29-21-10-8-20(9-11-21)23(24)28/h4-11,17H,2-3,12-16H2,1H3,(H2,24,28)(H,25,27). The van der Waals surface area contributed by atoms with Crippen LogP contribution in [-0.2, 0) is 17.9 Å². The van der Waals surface area contributed by atoms with Crippen LogP contribution in [0, 0.1) is 5.92 Å². The lowest BCUT2D eigenvalue weighted by atomic mass is 9.99. The van der Waals surface area contributed by atoms with Crippen molar-refractivity contribution in [3.63, 3.8) is 0 Å². The van der Waals surface area contributed by atoms with Crippen LogP contribution in [0.2, 0.25) is 0 Å². The Labute approximate surface area is 172 Å². The molecule has 0 spiro atoms. The van der Waals surface area contributed by atoms with Crippen molar-refractivity contribution >= 4 is 11.8 Å². The number of hydrogen-bond acceptors (Lipinski definition) is 4. The number of hydrogen-bond donors (Lipinski definition) is 2. The summed E-state index contributed by atoms with van der Waals surface area (Å²) in [5.74, 6) is 0.601. The molecule has 1 fully saturated rings. The average Bonchev–Trinajstić information content (AvgIpc) is 2.72. The van der Waals surface area contributed by atoms with Gasteiger partial charge in [0.25, 0.3) is 5.91 Å². The molecule has 0 aliphatic carbocycles. The molecule has 1 aliphatic heterocycles. The van der Waals surface area contributed by atoms with Gasteiger partial charge in [-0.1, -0.05) is 31.2 Å². The van der Waals surface area contributed by atoms with Crippen LogP contribution in [0.15, 0.2) is 48.5 Å². The Bertz CT molecular complexity index is 818. The lowest BCUT2D eigenvalue weighted by Crippen LogP contribution is -2.33. The molecule has 1 aliphatic rings. The zero-order chi connectivity index (χ0) is 20.6. The van der Waals surface area contributed by atoms with Gasteiger partial charge in [-0.3, -0.25) is 14.5 Å². The predicted molar refractivity (Wildman–Crippen MR) is 112 cm³/mol. The van der Waals surface area contributed by atoms with Gasteiger partial charge in [-0.2, -0.15) is 0 Å². The van der Waals surface area contributed by atoms with Crippen LogP contribution in [-0.4, -0.2) is 36.4 Å². The van der Waals surface area contributed by atoms with Crippen LogP contribution in [0.3, 0.4) is 0 Å². The Kier molecular flexibility index (Phi) is 7.25. The zero-order valence-corrected chi connectivity index (χ0v) is 16.9. The molecule has 1 unspecified atom stereocenters. The molecule has 1 atom stereocenters. The van der Waals surface area contributed by atoms with Gasteiger partial charge >= 0.3 is 0 Å². The van der Waals surface area contributed by atoms with E-state index in [0.717, 1.165) is 18.0 Å². The van der Waals surface area contributed by atoms with Crippen molar-refractivity contribution in [1.29, 1.82) is 0 Å². The van der Waals surface area contributed by atoms with Gasteiger partial charge in [0.05, 0.1) is 0 Å². The Morgan fingerprint density at radius 1 is 1.10 bits per heavy atom. The fourth-order valence-electron chi connectivity index (χ4n) is 3.57. The highest BCUT2D eigenvalue weighted by molar-refractivity contribution is 5.92. The van der Waals surface area contributed by atoms with Gasteiger partial charge in [-0.15, -0.1) is 0 Å². The van der Waals surface area contributed by atoms with E-state index < -0.39 is 5.91 Å². The highest BCUT2D eigenvalue weighted by Gasteiger charge is 2.16. The minimum Gasteiger partial charge on any atom is -0.484 e. The topological polar surface area (TPSA) is 84.7 Å². The summed E-state index contributed by atoms with van der Waals surface area (Å²) in [6.45, 7) is 6.03. The Morgan fingerprint density at radius 3 is 2.45 bits per heavy atom. The smallest absolute Gasteiger partial charge is 0.258 e. The highest BCUT2D eigenvalue weighted by atomic mass is 16.5. The first-order chi connectivity index (χ1) is 14.0. The lowest BCUT2D eigenvalue weighted by molar-refractivity contribution is -0.123. The molecule has 0 saturated carbocycles. The predicted octanol–water partition coefficient (Wildman–Crippen LogP) is 2.71. The third kappa shape index (κ3) is 6.61. The first-order valence-electron chi connectivity index (χ1n) is 10.1. The third-order valence-electron chi connectivity index (χ3n) is 5.17. The molecule has 1 heterocycles. The second kappa shape index (κ2) is 10.1. The van der Waals surface area contributed by atoms with Gasteiger partial charge in [-0.05, 0) is 60.7 Å². The highest BCUT2D eigenvalue weighted by Crippen LogP contribution is 2.18. The average molecular weight is 396 g/mol. The van der Waals surface area contributed by atoms with E-state index >= 15 is 0 Å². The zero-order valence-electron chi connectivity index (χ0n) is 16.9. The number of rotatable bonds is 8. The Hall–Kier alpha value is -2.86. The van der Waals surface area contributed by atoms with E-state index in [0.29, 0.717) is 17.9 Å². The monoisotopic (exact) mass is 395 g/mol. The molecule has 6 nitrogen and oxygen atoms in total. The maximum absolute atomic E-state index is 12.0. The van der Waals surface area contributed by atoms with Crippen LogP contribution in [0.1, 0.15) is 41.3 Å². The van der Waals surface area contributed by atoms with Gasteiger partial charge in [0.2, 0.25) is 5.91 Å². The molecule has 2 aromatic carbocycles. The van der Waals surface area contributed by atoms with Gasteiger partial charge in [-0.25, -0.2) is 0 Å². The number of benzene rings is 2. The molecule has 2 amide bonds. The number of primary amides is 1. The fraction of sp³-hybridized carbons (Fsp3) is 0.391. The van der Waals surface area contributed by atoms with E-state index in [4.69, 9.17) is 10.5 Å². The first kappa shape index (κ1) is 20.9. The summed E-state index contributed by atoms with van der Waals surface area (Å²) in [5.41, 5.74) is 7.96. The maximum Gasteiger partial charge on any atom is 0.258 e. The van der Waals surface area contributed by atoms with Crippen LogP contribution < -0.4 is 15.8 Å². The van der Waals surface area contributed by atoms with Crippen molar-refractivity contribution in [3.8, 4) is 5.75 Å². The molecule has 0 aromatic heterocycles. The number of nitrogens with zero attached hydrogens (tertiary/aromatic N) is 1. The number of nitrogens with one attached hydrogen (secondary N) is 1. The summed E-state index contributed by atoms with van der Waals surface area (Å²) >= 11 is 0. The second-order valence-corrected chi connectivity index (χ2v) is 7.75. The SMILES string of the molecule is CC1CCCN(Cc2ccc(CNC(=O)COc3ccc(C(N)=O)cc3)cc2)C1. The summed E-state index contributed by atoms with van der Waals surface area (Å²) in [6.07, 6.45) is 2.61. The second-order valence-electron chi connectivity index (χ2n) is 7.75. The summed E-state index contributed by atoms with van der Waals surface area (Å²) in [4.78, 5) is 25.6. The molecule has 1 saturated heterocycles. The van der Waals surface area contributed by atoms with Crippen molar-refractivity contribution in [3.05, 3.63) is 65.2 Å². The van der Waals surface area contributed by atoms with Crippen molar-refractivity contribution in [2.24, 2.45) is 11.7 Å². The summed E-state index contributed by atoms with van der Waals surface area (Å²) in [5, 5.41) is 2.86. The molecule has 6 heteroatoms. The van der Waals surface area contributed by atoms with Crippen molar-refractivity contribution in [2.75, 3.05) is 19.7 Å². The molecule has 3 rings (SSSR count). The number of carbonyl (C=O) groups is 2. The molecular formula is C23H29N3O3. The van der Waals surface area contributed by atoms with E-state index in [-0.39, 0.29) is 12.5 Å². The van der Waals surface area contributed by atoms with E-state index in [1.165, 1.54) is 31.5 Å². The number of amides is 2. The van der Waals surface area contributed by atoms with Crippen LogP contribution in [0.25, 0.3) is 0 Å². The van der Waals surface area contributed by atoms with E-state index in [9.17, 15) is 9.59 Å². The molecule has 0 radical (unpaired) electrons. The van der Waals surface area contributed by atoms with Gasteiger partial charge < -0.3 is 15.8 Å². The van der Waals surface area contributed by atoms with E-state index in [1.54, 1.807) is 24.3 Å². The van der Waals surface area contributed by atoms with Gasteiger partial charge in [0, 0.05) is 25.2 Å². The van der Waals surface area contributed by atoms with Crippen molar-refractivity contribution in [1.82, 2.24) is 10.2 Å². The number of carbonyl (C=O) groups excluding carboxylic acids is 2. The minimum absolute atomic E-state index is 0.0822. The van der Waals surface area contributed by atoms with Crippen LogP contribution >= 0.6 is 0 Å². The molecule has 29 heavy (non-hydrogen) atoms. The quantitative estimate of drug-likeness (QED) is 0.720. The number of ether oxygens (including phenoxy) is 1. The number of nitrogens with two attached hydrogens (primary N) is 1. The lowest BCUT2D eigenvalue weighted by Gasteiger charge is -2.30. The fourth-order valence-corrected chi connectivity index (χ4v) is 3.57. The molecule has 2 aromatic rings. The van der Waals surface area contributed by atoms with E-state index in [1.807, 2.05) is 0 Å². The molecule has 3 N–H and O–H groups in total. The van der Waals surface area contributed by atoms with Crippen LogP contribution in [0.4, 0.5) is 0 Å². The third-order valence-corrected chi connectivity index (χ3v) is 5.17. The normalized spacial score (nSPS) is 16.9. The Morgan fingerprint density at radius 2 is 1.79 bits per heavy atom. The first-order valence-corrected chi connectivity index (χ1v) is 10.1. The molecule has 0 bridgehead atoms. The van der Waals surface area contributed by atoms with Gasteiger partial charge in [0.15, 0.2) is 6.61 Å². The Balaban J connectivity index is 1.40. The molecular weight excluding hydrogens is 366 g/mol. The minimum atomic E-state index is -0.495. The summed E-state index contributed by atoms with van der Waals surface area (Å²) in [6, 6.07) is 14.8. The molecule has 154 valence electrons. The largest absolute Gasteiger partial charge is 0.484 e. The van der Waals surface area contributed by atoms with Crippen molar-refractivity contribution < 1.29 is 14.3 Å². The maximum atomic E-state index is 12.0. The van der Waals surface area contributed by atoms with Crippen LogP contribution in [0.5, 0.6) is 5.75 Å². The number of piperidine rings is 1. The van der Waals surface area contributed by atoms with E-state index in [2.05, 4.69) is 41.4 Å². The van der Waals surface area contributed by atoms with Gasteiger partial charge in [0.1, 0.15) is 5.75 Å². The summed E-state index contributed by atoms with van der Waals surface area (Å²) in [7, 11) is 0. The van der Waals surface area contributed by atoms with Crippen molar-refractivity contribution in [2.45, 2.75) is 32.9 Å². The summed E-state index contributed by atoms with van der Waals surface area (Å²) < 4.78 is 5.43.